The molecule has 0 spiro atoms. The molecule has 2 aliphatic rings. The Hall–Kier alpha value is -2.74. The summed E-state index contributed by atoms with van der Waals surface area (Å²) in [5, 5.41) is 7.98. The zero-order valence-corrected chi connectivity index (χ0v) is 14.0. The average Bonchev–Trinajstić information content (AvgIpc) is 3.19. The lowest BCUT2D eigenvalue weighted by Gasteiger charge is -2.15. The second kappa shape index (κ2) is 5.38. The van der Waals surface area contributed by atoms with Crippen molar-refractivity contribution in [2.75, 3.05) is 4.90 Å². The van der Waals surface area contributed by atoms with Gasteiger partial charge >= 0.3 is 0 Å². The van der Waals surface area contributed by atoms with Crippen molar-refractivity contribution in [3.63, 3.8) is 0 Å². The predicted molar refractivity (Wildman–Crippen MR) is 86.7 cm³/mol. The van der Waals surface area contributed by atoms with E-state index in [1.54, 1.807) is 24.9 Å². The second-order valence-corrected chi connectivity index (χ2v) is 6.30. The van der Waals surface area contributed by atoms with Crippen molar-refractivity contribution in [1.29, 1.82) is 0 Å². The number of oxime groups is 1. The van der Waals surface area contributed by atoms with E-state index in [-0.39, 0.29) is 10.7 Å². The Labute approximate surface area is 146 Å². The quantitative estimate of drug-likeness (QED) is 0.763. The lowest BCUT2D eigenvalue weighted by Crippen LogP contribution is -2.33. The van der Waals surface area contributed by atoms with Crippen molar-refractivity contribution in [2.45, 2.75) is 13.0 Å². The first-order chi connectivity index (χ1) is 11.9. The lowest BCUT2D eigenvalue weighted by molar-refractivity contribution is -0.126. The SMILES string of the molecule is Cc1nn(C)cc1C1=NOC2C(=O)N(c3ccc(F)c(Cl)c3)C(=O)C12. The minimum Gasteiger partial charge on any atom is -0.381 e. The van der Waals surface area contributed by atoms with E-state index < -0.39 is 29.7 Å². The number of carbonyl (C=O) groups is 2. The number of aryl methyl sites for hydroxylation is 2. The molecule has 1 saturated heterocycles. The number of fused-ring (bicyclic) bond motifs is 1. The zero-order valence-electron chi connectivity index (χ0n) is 13.2. The summed E-state index contributed by atoms with van der Waals surface area (Å²) in [6.45, 7) is 1.78. The van der Waals surface area contributed by atoms with E-state index >= 15 is 0 Å². The Morgan fingerprint density at radius 2 is 2.04 bits per heavy atom. The monoisotopic (exact) mass is 362 g/mol. The van der Waals surface area contributed by atoms with Crippen LogP contribution in [0, 0.1) is 18.7 Å². The first-order valence-corrected chi connectivity index (χ1v) is 7.83. The van der Waals surface area contributed by atoms with Crippen LogP contribution in [-0.4, -0.2) is 33.4 Å². The summed E-state index contributed by atoms with van der Waals surface area (Å²) < 4.78 is 15.0. The first kappa shape index (κ1) is 15.8. The number of amides is 2. The lowest BCUT2D eigenvalue weighted by atomic mass is 9.94. The molecule has 1 aromatic heterocycles. The molecule has 0 radical (unpaired) electrons. The van der Waals surface area contributed by atoms with Crippen LogP contribution in [0.4, 0.5) is 10.1 Å². The molecule has 1 fully saturated rings. The summed E-state index contributed by atoms with van der Waals surface area (Å²) >= 11 is 5.77. The molecular weight excluding hydrogens is 351 g/mol. The molecule has 1 aromatic carbocycles. The van der Waals surface area contributed by atoms with E-state index in [2.05, 4.69) is 10.3 Å². The van der Waals surface area contributed by atoms with Gasteiger partial charge in [0.05, 0.1) is 16.4 Å². The standard InChI is InChI=1S/C16H12ClFN4O3/c1-7-9(6-21(2)19-7)13-12-14(25-20-13)16(24)22(15(12)23)8-3-4-11(18)10(17)5-8/h3-6,12,14H,1-2H3. The fraction of sp³-hybridized carbons (Fsp3) is 0.250. The Kier molecular flexibility index (Phi) is 3.40. The van der Waals surface area contributed by atoms with E-state index in [4.69, 9.17) is 16.4 Å². The van der Waals surface area contributed by atoms with Gasteiger partial charge in [0, 0.05) is 18.8 Å². The highest BCUT2D eigenvalue weighted by atomic mass is 35.5. The second-order valence-electron chi connectivity index (χ2n) is 5.89. The average molecular weight is 363 g/mol. The van der Waals surface area contributed by atoms with E-state index in [9.17, 15) is 14.0 Å². The van der Waals surface area contributed by atoms with E-state index in [1.165, 1.54) is 12.1 Å². The van der Waals surface area contributed by atoms with Crippen molar-refractivity contribution in [3.8, 4) is 0 Å². The highest BCUT2D eigenvalue weighted by Crippen LogP contribution is 2.36. The molecule has 25 heavy (non-hydrogen) atoms. The normalized spacial score (nSPS) is 22.2. The Bertz CT molecular complexity index is 955. The van der Waals surface area contributed by atoms with Gasteiger partial charge in [0.15, 0.2) is 0 Å². The molecular formula is C16H12ClFN4O3. The molecule has 7 nitrogen and oxygen atoms in total. The van der Waals surface area contributed by atoms with Gasteiger partial charge in [-0.1, -0.05) is 16.8 Å². The maximum absolute atomic E-state index is 13.4. The molecule has 0 N–H and O–H groups in total. The molecule has 128 valence electrons. The molecule has 0 saturated carbocycles. The predicted octanol–water partition coefficient (Wildman–Crippen LogP) is 1.81. The molecule has 2 aromatic rings. The number of aromatic nitrogens is 2. The first-order valence-electron chi connectivity index (χ1n) is 7.45. The Balaban J connectivity index is 1.73. The van der Waals surface area contributed by atoms with Crippen molar-refractivity contribution in [1.82, 2.24) is 9.78 Å². The van der Waals surface area contributed by atoms with Gasteiger partial charge in [0.2, 0.25) is 12.0 Å². The number of benzene rings is 1. The van der Waals surface area contributed by atoms with Gasteiger partial charge in [-0.2, -0.15) is 5.10 Å². The summed E-state index contributed by atoms with van der Waals surface area (Å²) in [5.41, 5.74) is 1.88. The highest BCUT2D eigenvalue weighted by Gasteiger charge is 2.56. The summed E-state index contributed by atoms with van der Waals surface area (Å²) in [7, 11) is 1.75. The molecule has 0 bridgehead atoms. The van der Waals surface area contributed by atoms with Crippen LogP contribution >= 0.6 is 11.6 Å². The van der Waals surface area contributed by atoms with Crippen molar-refractivity contribution in [3.05, 3.63) is 46.5 Å². The zero-order chi connectivity index (χ0) is 17.9. The molecule has 2 unspecified atom stereocenters. The fourth-order valence-corrected chi connectivity index (χ4v) is 3.30. The van der Waals surface area contributed by atoms with Crippen molar-refractivity contribution >= 4 is 34.8 Å². The number of halogens is 2. The van der Waals surface area contributed by atoms with Gasteiger partial charge in [-0.15, -0.1) is 0 Å². The van der Waals surface area contributed by atoms with Crippen LogP contribution in [0.2, 0.25) is 5.02 Å². The van der Waals surface area contributed by atoms with Gasteiger partial charge in [0.1, 0.15) is 17.4 Å². The summed E-state index contributed by atoms with van der Waals surface area (Å²) in [4.78, 5) is 31.7. The van der Waals surface area contributed by atoms with E-state index in [1.807, 2.05) is 0 Å². The van der Waals surface area contributed by atoms with Crippen LogP contribution in [0.25, 0.3) is 0 Å². The van der Waals surface area contributed by atoms with Gasteiger partial charge in [0.25, 0.3) is 5.91 Å². The van der Waals surface area contributed by atoms with Crippen LogP contribution in [0.3, 0.4) is 0 Å². The number of hydrogen-bond donors (Lipinski definition) is 0. The molecule has 9 heteroatoms. The van der Waals surface area contributed by atoms with Crippen molar-refractivity contribution < 1.29 is 18.8 Å². The van der Waals surface area contributed by atoms with Crippen LogP contribution in [0.15, 0.2) is 29.6 Å². The number of imide groups is 1. The summed E-state index contributed by atoms with van der Waals surface area (Å²) in [6, 6.07) is 3.66. The van der Waals surface area contributed by atoms with E-state index in [0.717, 1.165) is 11.0 Å². The molecule has 4 rings (SSSR count). The third kappa shape index (κ3) is 2.25. The number of nitrogens with zero attached hydrogens (tertiary/aromatic N) is 4. The third-order valence-corrected chi connectivity index (χ3v) is 4.55. The third-order valence-electron chi connectivity index (χ3n) is 4.26. The van der Waals surface area contributed by atoms with Crippen molar-refractivity contribution in [2.24, 2.45) is 18.1 Å². The number of carbonyl (C=O) groups excluding carboxylic acids is 2. The Morgan fingerprint density at radius 3 is 2.68 bits per heavy atom. The fourth-order valence-electron chi connectivity index (χ4n) is 3.13. The highest BCUT2D eigenvalue weighted by molar-refractivity contribution is 6.34. The number of hydrogen-bond acceptors (Lipinski definition) is 5. The minimum atomic E-state index is -1.04. The summed E-state index contributed by atoms with van der Waals surface area (Å²) in [5.74, 6) is -2.54. The van der Waals surface area contributed by atoms with Gasteiger partial charge in [-0.25, -0.2) is 9.29 Å². The van der Waals surface area contributed by atoms with Gasteiger partial charge in [-0.3, -0.25) is 14.3 Å². The number of rotatable bonds is 2. The molecule has 2 aliphatic heterocycles. The smallest absolute Gasteiger partial charge is 0.278 e. The van der Waals surface area contributed by atoms with Gasteiger partial charge in [-0.05, 0) is 25.1 Å². The van der Waals surface area contributed by atoms with Crippen LogP contribution in [0.1, 0.15) is 11.3 Å². The Morgan fingerprint density at radius 1 is 1.28 bits per heavy atom. The molecule has 2 atom stereocenters. The summed E-state index contributed by atoms with van der Waals surface area (Å²) in [6.07, 6.45) is 0.681. The maximum Gasteiger partial charge on any atom is 0.278 e. The van der Waals surface area contributed by atoms with Crippen LogP contribution in [0.5, 0.6) is 0 Å². The number of anilines is 1. The van der Waals surface area contributed by atoms with Gasteiger partial charge < -0.3 is 4.84 Å². The maximum atomic E-state index is 13.4. The molecule has 2 amide bonds. The molecule has 0 aliphatic carbocycles. The minimum absolute atomic E-state index is 0.173. The largest absolute Gasteiger partial charge is 0.381 e. The topological polar surface area (TPSA) is 76.8 Å². The van der Waals surface area contributed by atoms with Crippen LogP contribution in [-0.2, 0) is 21.5 Å². The van der Waals surface area contributed by atoms with Crippen LogP contribution < -0.4 is 4.90 Å². The van der Waals surface area contributed by atoms with E-state index in [0.29, 0.717) is 17.0 Å². The molecule has 3 heterocycles.